The lowest BCUT2D eigenvalue weighted by molar-refractivity contribution is -0.438. The standard InChI is InChI=1S/C39H45ClN2O7S/c1-6-49-35(43)13-8-7-9-22-42-32-19-14-27(37(44)45)23-30(32)39(4,5)34(42)21-16-26-12-10-11-25(36(26)40)15-20-33-38(2,3)29-24-28(50(46,47)48)17-18-31(29)41-33/h14-21,23-24H,6-13,22H2,1-5H3,(H2,44,45,46,47,48)/p+1. The van der Waals surface area contributed by atoms with Gasteiger partial charge in [0.1, 0.15) is 6.54 Å². The molecule has 2 aliphatic heterocycles. The number of aromatic carboxylic acids is 1. The normalized spacial score (nSPS) is 19.7. The molecule has 0 saturated heterocycles. The minimum Gasteiger partial charge on any atom is -0.478 e. The zero-order valence-electron chi connectivity index (χ0n) is 29.3. The van der Waals surface area contributed by atoms with Gasteiger partial charge in [0, 0.05) is 52.4 Å². The van der Waals surface area contributed by atoms with Gasteiger partial charge in [-0.25, -0.2) is 4.79 Å². The van der Waals surface area contributed by atoms with Crippen molar-refractivity contribution >= 4 is 50.7 Å². The Kier molecular flexibility index (Phi) is 11.0. The predicted molar refractivity (Wildman–Crippen MR) is 196 cm³/mol. The van der Waals surface area contributed by atoms with E-state index in [2.05, 4.69) is 35.9 Å². The predicted octanol–water partition coefficient (Wildman–Crippen LogP) is 8.58. The number of hydrogen-bond donors (Lipinski definition) is 3. The van der Waals surface area contributed by atoms with Gasteiger partial charge in [-0.2, -0.15) is 13.0 Å². The van der Waals surface area contributed by atoms with E-state index in [0.717, 1.165) is 83.6 Å². The van der Waals surface area contributed by atoms with Gasteiger partial charge in [-0.3, -0.25) is 9.35 Å². The molecule has 1 aliphatic carbocycles. The van der Waals surface area contributed by atoms with Gasteiger partial charge in [0.15, 0.2) is 5.71 Å². The van der Waals surface area contributed by atoms with Crippen molar-refractivity contribution in [2.45, 2.75) is 95.3 Å². The summed E-state index contributed by atoms with van der Waals surface area (Å²) < 4.78 is 40.4. The van der Waals surface area contributed by atoms with Crippen LogP contribution in [0.15, 0.2) is 87.5 Å². The average molecular weight is 722 g/mol. The number of ether oxygens (including phenoxy) is 1. The van der Waals surface area contributed by atoms with E-state index in [1.807, 2.05) is 32.1 Å². The molecule has 0 fully saturated rings. The van der Waals surface area contributed by atoms with Crippen LogP contribution in [0.1, 0.15) is 101 Å². The van der Waals surface area contributed by atoms with Gasteiger partial charge >= 0.3 is 11.9 Å². The Bertz CT molecular complexity index is 1980. The summed E-state index contributed by atoms with van der Waals surface area (Å²) in [4.78, 5) is 23.5. The molecule has 5 rings (SSSR count). The number of carbonyl (C=O) groups excluding carboxylic acids is 1. The number of esters is 1. The Morgan fingerprint density at radius 3 is 2.44 bits per heavy atom. The Hall–Kier alpha value is -3.99. The van der Waals surface area contributed by atoms with Crippen molar-refractivity contribution in [1.82, 2.24) is 0 Å². The number of carboxylic acid groups (broad SMARTS) is 1. The molecule has 50 heavy (non-hydrogen) atoms. The van der Waals surface area contributed by atoms with Crippen LogP contribution in [0, 0.1) is 0 Å². The third-order valence-electron chi connectivity index (χ3n) is 9.96. The molecular weight excluding hydrogens is 676 g/mol. The fourth-order valence-electron chi connectivity index (χ4n) is 7.08. The van der Waals surface area contributed by atoms with E-state index < -0.39 is 26.9 Å². The summed E-state index contributed by atoms with van der Waals surface area (Å²) in [6, 6.07) is 9.88. The Morgan fingerprint density at radius 1 is 0.980 bits per heavy atom. The topological polar surface area (TPSA) is 133 Å². The summed E-state index contributed by atoms with van der Waals surface area (Å²) in [5, 5.41) is 13.8. The van der Waals surface area contributed by atoms with Crippen LogP contribution in [-0.4, -0.2) is 53.5 Å². The molecule has 0 amide bonds. The zero-order chi connectivity index (χ0) is 36.4. The van der Waals surface area contributed by atoms with Crippen LogP contribution in [-0.2, 0) is 30.5 Å². The van der Waals surface area contributed by atoms with E-state index in [-0.39, 0.29) is 16.4 Å². The van der Waals surface area contributed by atoms with Crippen LogP contribution in [0.2, 0.25) is 0 Å². The molecule has 9 nitrogen and oxygen atoms in total. The fourth-order valence-corrected chi connectivity index (χ4v) is 7.90. The molecule has 0 unspecified atom stereocenters. The highest BCUT2D eigenvalue weighted by atomic mass is 35.5. The molecule has 0 saturated carbocycles. The molecule has 0 spiro atoms. The number of carboxylic acids is 1. The number of nitrogens with zero attached hydrogens (tertiary/aromatic N) is 1. The Morgan fingerprint density at radius 2 is 1.74 bits per heavy atom. The van der Waals surface area contributed by atoms with Crippen LogP contribution in [0.25, 0.3) is 0 Å². The van der Waals surface area contributed by atoms with E-state index in [4.69, 9.17) is 16.3 Å². The van der Waals surface area contributed by atoms with Gasteiger partial charge in [0.05, 0.1) is 22.5 Å². The van der Waals surface area contributed by atoms with Gasteiger partial charge < -0.3 is 15.2 Å². The first-order valence-corrected chi connectivity index (χ1v) is 18.9. The van der Waals surface area contributed by atoms with E-state index >= 15 is 0 Å². The van der Waals surface area contributed by atoms with Gasteiger partial charge in [-0.1, -0.05) is 37.6 Å². The highest BCUT2D eigenvalue weighted by Gasteiger charge is 2.44. The number of rotatable bonds is 12. The maximum absolute atomic E-state index is 11.9. The lowest BCUT2D eigenvalue weighted by Gasteiger charge is -2.21. The maximum Gasteiger partial charge on any atom is 0.335 e. The second kappa shape index (κ2) is 14.7. The van der Waals surface area contributed by atoms with Crippen molar-refractivity contribution < 1.29 is 37.0 Å². The number of unbranched alkanes of at least 4 members (excludes halogenated alkanes) is 2. The zero-order valence-corrected chi connectivity index (χ0v) is 30.9. The number of fused-ring (bicyclic) bond motifs is 2. The van der Waals surface area contributed by atoms with Crippen molar-refractivity contribution in [2.24, 2.45) is 0 Å². The van der Waals surface area contributed by atoms with Crippen LogP contribution in [0.4, 0.5) is 11.4 Å². The monoisotopic (exact) mass is 721 g/mol. The molecule has 3 aliphatic rings. The molecule has 2 aromatic rings. The van der Waals surface area contributed by atoms with Crippen molar-refractivity contribution in [2.75, 3.05) is 18.5 Å². The fraction of sp³-hybridized carbons (Fsp3) is 0.410. The highest BCUT2D eigenvalue weighted by Crippen LogP contribution is 2.45. The van der Waals surface area contributed by atoms with E-state index in [1.54, 1.807) is 25.1 Å². The number of benzene rings is 2. The highest BCUT2D eigenvalue weighted by molar-refractivity contribution is 7.85. The molecule has 0 aromatic heterocycles. The van der Waals surface area contributed by atoms with E-state index in [9.17, 15) is 27.7 Å². The summed E-state index contributed by atoms with van der Waals surface area (Å²) in [5.74, 6) is -1.14. The molecular formula is C39H46ClN2O7S+. The molecule has 2 heterocycles. The van der Waals surface area contributed by atoms with Crippen LogP contribution >= 0.6 is 11.6 Å². The van der Waals surface area contributed by atoms with Crippen molar-refractivity contribution in [3.8, 4) is 0 Å². The van der Waals surface area contributed by atoms with Gasteiger partial charge in [-0.05, 0) is 106 Å². The number of allylic oxidation sites excluding steroid dienone is 8. The minimum absolute atomic E-state index is 0.137. The number of carbonyl (C=O) groups is 2. The first-order valence-electron chi connectivity index (χ1n) is 17.1. The van der Waals surface area contributed by atoms with Crippen molar-refractivity contribution in [3.05, 3.63) is 99.3 Å². The van der Waals surface area contributed by atoms with Crippen LogP contribution in [0.5, 0.6) is 0 Å². The smallest absolute Gasteiger partial charge is 0.335 e. The molecule has 11 heteroatoms. The SMILES string of the molecule is CCOC(=O)CCCCC[N+]1=C(/C=C/C2=C(Cl)C(=C/C=C3/Nc4ccc(S(=O)(=O)O)cc4C3(C)C)/CCC2)C(C)(C)c2cc(C(=O)O)ccc21. The third kappa shape index (κ3) is 7.67. The summed E-state index contributed by atoms with van der Waals surface area (Å²) >= 11 is 7.06. The second-order valence-electron chi connectivity index (χ2n) is 14.0. The van der Waals surface area contributed by atoms with Crippen molar-refractivity contribution in [3.63, 3.8) is 0 Å². The van der Waals surface area contributed by atoms with E-state index in [1.165, 1.54) is 12.1 Å². The Labute approximate surface area is 299 Å². The van der Waals surface area contributed by atoms with Crippen molar-refractivity contribution in [1.29, 1.82) is 0 Å². The summed E-state index contributed by atoms with van der Waals surface area (Å²) in [7, 11) is -4.32. The first-order chi connectivity index (χ1) is 23.5. The lowest BCUT2D eigenvalue weighted by atomic mass is 9.80. The second-order valence-corrected chi connectivity index (χ2v) is 15.8. The third-order valence-corrected chi connectivity index (χ3v) is 11.3. The molecule has 0 radical (unpaired) electrons. The van der Waals surface area contributed by atoms with Gasteiger partial charge in [-0.15, -0.1) is 0 Å². The summed E-state index contributed by atoms with van der Waals surface area (Å²) in [5.41, 5.74) is 6.73. The molecule has 3 N–H and O–H groups in total. The lowest BCUT2D eigenvalue weighted by Crippen LogP contribution is -2.28. The summed E-state index contributed by atoms with van der Waals surface area (Å²) in [6.45, 7) is 11.1. The number of anilines is 1. The minimum atomic E-state index is -4.32. The summed E-state index contributed by atoms with van der Waals surface area (Å²) in [6.07, 6.45) is 13.6. The van der Waals surface area contributed by atoms with Crippen LogP contribution in [0.3, 0.4) is 0 Å². The number of halogens is 1. The molecule has 266 valence electrons. The molecule has 0 atom stereocenters. The van der Waals surface area contributed by atoms with Gasteiger partial charge in [0.2, 0.25) is 5.69 Å². The van der Waals surface area contributed by atoms with Gasteiger partial charge in [0.25, 0.3) is 10.1 Å². The number of hydrogen-bond acceptors (Lipinski definition) is 6. The van der Waals surface area contributed by atoms with Crippen LogP contribution < -0.4 is 5.32 Å². The average Bonchev–Trinajstić information content (AvgIpc) is 3.43. The van der Waals surface area contributed by atoms with E-state index in [0.29, 0.717) is 24.6 Å². The number of nitrogens with one attached hydrogen (secondary N) is 1. The maximum atomic E-state index is 11.9. The largest absolute Gasteiger partial charge is 0.478 e. The molecule has 2 aromatic carbocycles. The Balaban J connectivity index is 1.42. The molecule has 0 bridgehead atoms. The quantitative estimate of drug-likeness (QED) is 0.0860. The first kappa shape index (κ1) is 37.3.